The van der Waals surface area contributed by atoms with Crippen LogP contribution in [-0.2, 0) is 17.4 Å². The summed E-state index contributed by atoms with van der Waals surface area (Å²) in [5.74, 6) is -0.229. The van der Waals surface area contributed by atoms with Gasteiger partial charge in [0.25, 0.3) is 0 Å². The number of hydrogen-bond acceptors (Lipinski definition) is 4. The van der Waals surface area contributed by atoms with E-state index in [4.69, 9.17) is 15.7 Å². The standard InChI is InChI=1S/C20H17F6N3O2/c21-19(22,23)12-29(15-4-3-14(11-27)17(10-15)20(24,25)26)7-8-31-16-5-1-13(2-6-16)9-18(28)30/h1-6,10H,7-9,12H2,(H2,28,30). The number of nitrogens with zero attached hydrogens (tertiary/aromatic N) is 2. The van der Waals surface area contributed by atoms with E-state index in [9.17, 15) is 31.1 Å². The van der Waals surface area contributed by atoms with Gasteiger partial charge in [-0.05, 0) is 35.9 Å². The monoisotopic (exact) mass is 445 g/mol. The Morgan fingerprint density at radius 2 is 1.71 bits per heavy atom. The molecule has 31 heavy (non-hydrogen) atoms. The molecule has 0 fully saturated rings. The van der Waals surface area contributed by atoms with E-state index in [2.05, 4.69) is 0 Å². The molecular weight excluding hydrogens is 428 g/mol. The molecule has 2 N–H and O–H groups in total. The second kappa shape index (κ2) is 9.59. The zero-order valence-electron chi connectivity index (χ0n) is 15.9. The van der Waals surface area contributed by atoms with Crippen molar-refractivity contribution in [3.05, 3.63) is 59.2 Å². The van der Waals surface area contributed by atoms with Gasteiger partial charge in [0.15, 0.2) is 0 Å². The second-order valence-electron chi connectivity index (χ2n) is 6.51. The predicted molar refractivity (Wildman–Crippen MR) is 99.3 cm³/mol. The lowest BCUT2D eigenvalue weighted by Crippen LogP contribution is -2.37. The van der Waals surface area contributed by atoms with Crippen LogP contribution in [0.15, 0.2) is 42.5 Å². The number of ether oxygens (including phenoxy) is 1. The Morgan fingerprint density at radius 3 is 2.23 bits per heavy atom. The normalized spacial score (nSPS) is 11.6. The van der Waals surface area contributed by atoms with Gasteiger partial charge in [-0.25, -0.2) is 0 Å². The Balaban J connectivity index is 2.16. The van der Waals surface area contributed by atoms with Gasteiger partial charge in [-0.3, -0.25) is 4.79 Å². The van der Waals surface area contributed by atoms with E-state index in [1.54, 1.807) is 12.1 Å². The molecule has 2 aromatic carbocycles. The Hall–Kier alpha value is -3.42. The number of nitrogens with two attached hydrogens (primary N) is 1. The highest BCUT2D eigenvalue weighted by atomic mass is 19.4. The van der Waals surface area contributed by atoms with Crippen LogP contribution in [-0.4, -0.2) is 31.8 Å². The second-order valence-corrected chi connectivity index (χ2v) is 6.51. The molecule has 0 unspecified atom stereocenters. The summed E-state index contributed by atoms with van der Waals surface area (Å²) in [5, 5.41) is 8.84. The van der Waals surface area contributed by atoms with Crippen LogP contribution in [0.3, 0.4) is 0 Å². The molecule has 1 amide bonds. The molecule has 2 rings (SSSR count). The number of carbonyl (C=O) groups is 1. The average molecular weight is 445 g/mol. The Labute approximate surface area is 173 Å². The molecule has 0 heterocycles. The van der Waals surface area contributed by atoms with E-state index in [1.165, 1.54) is 18.2 Å². The van der Waals surface area contributed by atoms with Crippen molar-refractivity contribution in [2.24, 2.45) is 5.73 Å². The topological polar surface area (TPSA) is 79.3 Å². The first kappa shape index (κ1) is 23.9. The van der Waals surface area contributed by atoms with Crippen LogP contribution in [0.4, 0.5) is 32.0 Å². The maximum absolute atomic E-state index is 13.2. The van der Waals surface area contributed by atoms with E-state index >= 15 is 0 Å². The van der Waals surface area contributed by atoms with E-state index in [1.807, 2.05) is 0 Å². The molecule has 5 nitrogen and oxygen atoms in total. The molecular formula is C20H17F6N3O2. The molecule has 0 spiro atoms. The fraction of sp³-hybridized carbons (Fsp3) is 0.300. The Kier molecular flexibility index (Phi) is 7.38. The van der Waals surface area contributed by atoms with Gasteiger partial charge in [-0.1, -0.05) is 12.1 Å². The molecule has 166 valence electrons. The van der Waals surface area contributed by atoms with Crippen molar-refractivity contribution in [1.82, 2.24) is 0 Å². The number of carbonyl (C=O) groups excluding carboxylic acids is 1. The number of hydrogen-bond donors (Lipinski definition) is 1. The summed E-state index contributed by atoms with van der Waals surface area (Å²) in [4.78, 5) is 11.6. The first-order valence-electron chi connectivity index (χ1n) is 8.82. The smallest absolute Gasteiger partial charge is 0.417 e. The molecule has 0 aliphatic heterocycles. The summed E-state index contributed by atoms with van der Waals surface area (Å²) >= 11 is 0. The van der Waals surface area contributed by atoms with Gasteiger partial charge in [0, 0.05) is 5.69 Å². The first-order chi connectivity index (χ1) is 14.4. The van der Waals surface area contributed by atoms with Crippen LogP contribution < -0.4 is 15.4 Å². The number of primary amides is 1. The van der Waals surface area contributed by atoms with E-state index in [0.717, 1.165) is 12.1 Å². The van der Waals surface area contributed by atoms with Crippen LogP contribution in [0.5, 0.6) is 5.75 Å². The van der Waals surface area contributed by atoms with E-state index in [-0.39, 0.29) is 25.3 Å². The van der Waals surface area contributed by atoms with Crippen LogP contribution >= 0.6 is 0 Å². The molecule has 0 bridgehead atoms. The summed E-state index contributed by atoms with van der Waals surface area (Å²) in [6.07, 6.45) is -9.56. The van der Waals surface area contributed by atoms with Crippen LogP contribution in [0.1, 0.15) is 16.7 Å². The number of alkyl halides is 6. The first-order valence-corrected chi connectivity index (χ1v) is 8.82. The highest BCUT2D eigenvalue weighted by Crippen LogP contribution is 2.35. The summed E-state index contributed by atoms with van der Waals surface area (Å²) in [6.45, 7) is -2.13. The van der Waals surface area contributed by atoms with Crippen LogP contribution in [0.2, 0.25) is 0 Å². The van der Waals surface area contributed by atoms with E-state index < -0.39 is 35.9 Å². The van der Waals surface area contributed by atoms with Gasteiger partial charge in [0.2, 0.25) is 5.91 Å². The van der Waals surface area contributed by atoms with Crippen molar-refractivity contribution in [2.75, 3.05) is 24.6 Å². The number of halogens is 6. The molecule has 0 atom stereocenters. The number of benzene rings is 2. The van der Waals surface area contributed by atoms with Gasteiger partial charge in [-0.15, -0.1) is 0 Å². The maximum Gasteiger partial charge on any atom is 0.417 e. The summed E-state index contributed by atoms with van der Waals surface area (Å²) < 4.78 is 83.8. The summed E-state index contributed by atoms with van der Waals surface area (Å²) in [7, 11) is 0. The SMILES string of the molecule is N#Cc1ccc(N(CCOc2ccc(CC(N)=O)cc2)CC(F)(F)F)cc1C(F)(F)F. The van der Waals surface area contributed by atoms with Crippen molar-refractivity contribution in [2.45, 2.75) is 18.8 Å². The van der Waals surface area contributed by atoms with Gasteiger partial charge < -0.3 is 15.4 Å². The molecule has 0 aliphatic rings. The van der Waals surface area contributed by atoms with Crippen LogP contribution in [0.25, 0.3) is 0 Å². The highest BCUT2D eigenvalue weighted by molar-refractivity contribution is 5.76. The largest absolute Gasteiger partial charge is 0.492 e. The fourth-order valence-electron chi connectivity index (χ4n) is 2.76. The third-order valence-corrected chi connectivity index (χ3v) is 4.10. The number of amides is 1. The highest BCUT2D eigenvalue weighted by Gasteiger charge is 2.36. The third-order valence-electron chi connectivity index (χ3n) is 4.10. The molecule has 11 heteroatoms. The minimum Gasteiger partial charge on any atom is -0.492 e. The number of nitriles is 1. The number of anilines is 1. The van der Waals surface area contributed by atoms with Crippen molar-refractivity contribution in [3.63, 3.8) is 0 Å². The summed E-state index contributed by atoms with van der Waals surface area (Å²) in [6, 6.07) is 9.87. The van der Waals surface area contributed by atoms with Crippen molar-refractivity contribution in [1.29, 1.82) is 5.26 Å². The molecule has 2 aromatic rings. The lowest BCUT2D eigenvalue weighted by molar-refractivity contribution is -0.137. The molecule has 0 saturated carbocycles. The number of rotatable bonds is 8. The quantitative estimate of drug-likeness (QED) is 0.622. The molecule has 0 radical (unpaired) electrons. The predicted octanol–water partition coefficient (Wildman–Crippen LogP) is 4.05. The molecule has 0 aliphatic carbocycles. The van der Waals surface area contributed by atoms with Crippen molar-refractivity contribution >= 4 is 11.6 Å². The third kappa shape index (κ3) is 7.40. The molecule has 0 saturated heterocycles. The van der Waals surface area contributed by atoms with E-state index in [0.29, 0.717) is 22.3 Å². The lowest BCUT2D eigenvalue weighted by Gasteiger charge is -2.27. The van der Waals surface area contributed by atoms with Gasteiger partial charge in [0.1, 0.15) is 18.9 Å². The van der Waals surface area contributed by atoms with Crippen molar-refractivity contribution in [3.8, 4) is 11.8 Å². The van der Waals surface area contributed by atoms with Gasteiger partial charge >= 0.3 is 12.4 Å². The average Bonchev–Trinajstić information content (AvgIpc) is 2.66. The lowest BCUT2D eigenvalue weighted by atomic mass is 10.1. The van der Waals surface area contributed by atoms with Gasteiger partial charge in [-0.2, -0.15) is 31.6 Å². The minimum absolute atomic E-state index is 0.0138. The van der Waals surface area contributed by atoms with Crippen LogP contribution in [0, 0.1) is 11.3 Å². The zero-order valence-corrected chi connectivity index (χ0v) is 15.9. The Morgan fingerprint density at radius 1 is 1.06 bits per heavy atom. The minimum atomic E-state index is -4.89. The fourth-order valence-corrected chi connectivity index (χ4v) is 2.76. The zero-order chi connectivity index (χ0) is 23.2. The maximum atomic E-state index is 13.2. The summed E-state index contributed by atoms with van der Waals surface area (Å²) in [5.41, 5.74) is 3.36. The van der Waals surface area contributed by atoms with Gasteiger partial charge in [0.05, 0.1) is 30.2 Å². The Bertz CT molecular complexity index is 949. The molecule has 0 aromatic heterocycles. The van der Waals surface area contributed by atoms with Crippen molar-refractivity contribution < 1.29 is 35.9 Å².